The Labute approximate surface area is 210 Å². The van der Waals surface area contributed by atoms with Crippen LogP contribution in [0.2, 0.25) is 0 Å². The highest BCUT2D eigenvalue weighted by Gasteiger charge is 2.18. The SMILES string of the molecule is C=C(C)/C(F)=C\C(=C)C(C)CCC(C)C(C)CCC(C)C(=C)/C(F)=C\C(=C)C(C)CCC(C)C. The van der Waals surface area contributed by atoms with Crippen molar-refractivity contribution in [1.29, 1.82) is 0 Å². The van der Waals surface area contributed by atoms with E-state index in [4.69, 9.17) is 0 Å². The van der Waals surface area contributed by atoms with Gasteiger partial charge in [0.2, 0.25) is 0 Å². The highest BCUT2D eigenvalue weighted by Crippen LogP contribution is 2.31. The minimum Gasteiger partial charge on any atom is -0.207 e. The average molecular weight is 475 g/mol. The number of halogens is 2. The Balaban J connectivity index is 4.63. The molecule has 0 aliphatic heterocycles. The molecule has 2 heteroatoms. The van der Waals surface area contributed by atoms with Gasteiger partial charge in [0, 0.05) is 0 Å². The van der Waals surface area contributed by atoms with Crippen molar-refractivity contribution in [2.45, 2.75) is 93.9 Å². The van der Waals surface area contributed by atoms with Crippen LogP contribution in [0.15, 0.2) is 72.4 Å². The molecule has 0 aliphatic rings. The molecule has 0 amide bonds. The number of hydrogen-bond acceptors (Lipinski definition) is 0. The minimum absolute atomic E-state index is 0.0960. The lowest BCUT2D eigenvalue weighted by atomic mass is 9.82. The zero-order valence-corrected chi connectivity index (χ0v) is 23.4. The van der Waals surface area contributed by atoms with Crippen molar-refractivity contribution in [2.75, 3.05) is 0 Å². The fourth-order valence-electron chi connectivity index (χ4n) is 3.78. The first-order chi connectivity index (χ1) is 15.7. The quantitative estimate of drug-likeness (QED) is 0.184. The molecule has 5 atom stereocenters. The normalized spacial score (nSPS) is 17.1. The maximum absolute atomic E-state index is 14.8. The molecule has 0 aliphatic carbocycles. The van der Waals surface area contributed by atoms with Crippen LogP contribution in [0, 0.1) is 35.5 Å². The number of rotatable bonds is 17. The summed E-state index contributed by atoms with van der Waals surface area (Å²) in [5, 5.41) is 0. The van der Waals surface area contributed by atoms with E-state index in [9.17, 15) is 8.78 Å². The van der Waals surface area contributed by atoms with Gasteiger partial charge in [-0.05, 0) is 109 Å². The minimum atomic E-state index is -0.289. The van der Waals surface area contributed by atoms with Crippen LogP contribution >= 0.6 is 0 Å². The van der Waals surface area contributed by atoms with E-state index >= 15 is 0 Å². The van der Waals surface area contributed by atoms with Crippen molar-refractivity contribution in [3.8, 4) is 0 Å². The highest BCUT2D eigenvalue weighted by molar-refractivity contribution is 5.32. The van der Waals surface area contributed by atoms with Gasteiger partial charge in [0.25, 0.3) is 0 Å². The molecule has 0 aromatic heterocycles. The van der Waals surface area contributed by atoms with Gasteiger partial charge in [0.15, 0.2) is 0 Å². The molecule has 0 rings (SSSR count). The standard InChI is InChI=1S/C32H52F2/c1-21(2)13-14-25(7)29(11)20-32(34)30(12)27(9)18-17-24(6)23(5)15-16-26(8)28(10)19-31(33)22(3)4/h19-21,23-27H,3,10-18H2,1-2,4-9H3/b31-19+,32-20+. The molecule has 5 unspecified atom stereocenters. The molecule has 0 radical (unpaired) electrons. The van der Waals surface area contributed by atoms with Crippen LogP contribution in [0.25, 0.3) is 0 Å². The van der Waals surface area contributed by atoms with Crippen molar-refractivity contribution in [1.82, 2.24) is 0 Å². The van der Waals surface area contributed by atoms with Crippen molar-refractivity contribution in [2.24, 2.45) is 35.5 Å². The van der Waals surface area contributed by atoms with E-state index in [0.29, 0.717) is 28.9 Å². The first-order valence-corrected chi connectivity index (χ1v) is 13.1. The van der Waals surface area contributed by atoms with Crippen molar-refractivity contribution < 1.29 is 8.78 Å². The molecule has 0 saturated heterocycles. The van der Waals surface area contributed by atoms with Crippen LogP contribution in [-0.2, 0) is 0 Å². The first kappa shape index (κ1) is 32.3. The van der Waals surface area contributed by atoms with Gasteiger partial charge in [0.05, 0.1) is 0 Å². The largest absolute Gasteiger partial charge is 0.207 e. The summed E-state index contributed by atoms with van der Waals surface area (Å²) < 4.78 is 28.6. The van der Waals surface area contributed by atoms with Gasteiger partial charge >= 0.3 is 0 Å². The Morgan fingerprint density at radius 1 is 0.588 bits per heavy atom. The van der Waals surface area contributed by atoms with Gasteiger partial charge in [-0.3, -0.25) is 0 Å². The Morgan fingerprint density at radius 3 is 1.38 bits per heavy atom. The maximum Gasteiger partial charge on any atom is 0.126 e. The van der Waals surface area contributed by atoms with Crippen molar-refractivity contribution in [3.63, 3.8) is 0 Å². The maximum atomic E-state index is 14.8. The second-order valence-electron chi connectivity index (χ2n) is 11.2. The van der Waals surface area contributed by atoms with Crippen molar-refractivity contribution >= 4 is 0 Å². The summed E-state index contributed by atoms with van der Waals surface area (Å²) in [6.45, 7) is 32.7. The summed E-state index contributed by atoms with van der Waals surface area (Å²) in [6.07, 6.45) is 9.23. The van der Waals surface area contributed by atoms with Crippen LogP contribution in [0.5, 0.6) is 0 Å². The lowest BCUT2D eigenvalue weighted by Gasteiger charge is -2.24. The zero-order valence-electron chi connectivity index (χ0n) is 23.4. The molecule has 0 saturated carbocycles. The molecule has 0 N–H and O–H groups in total. The van der Waals surface area contributed by atoms with Crippen LogP contribution in [-0.4, -0.2) is 0 Å². The van der Waals surface area contributed by atoms with E-state index in [1.54, 1.807) is 13.0 Å². The fraction of sp³-hybridized carbons (Fsp3) is 0.625. The lowest BCUT2D eigenvalue weighted by Crippen LogP contribution is -2.12. The van der Waals surface area contributed by atoms with Crippen LogP contribution < -0.4 is 0 Å². The summed E-state index contributed by atoms with van der Waals surface area (Å²) in [6, 6.07) is 0. The van der Waals surface area contributed by atoms with E-state index in [0.717, 1.165) is 49.7 Å². The highest BCUT2D eigenvalue weighted by atomic mass is 19.1. The molecule has 34 heavy (non-hydrogen) atoms. The van der Waals surface area contributed by atoms with E-state index in [2.05, 4.69) is 74.8 Å². The fourth-order valence-corrected chi connectivity index (χ4v) is 3.78. The molecule has 194 valence electrons. The van der Waals surface area contributed by atoms with Crippen molar-refractivity contribution in [3.05, 3.63) is 72.4 Å². The Kier molecular flexibility index (Phi) is 15.3. The van der Waals surface area contributed by atoms with E-state index < -0.39 is 0 Å². The molecule has 0 nitrogen and oxygen atoms in total. The molecule has 0 aromatic rings. The predicted molar refractivity (Wildman–Crippen MR) is 149 cm³/mol. The second-order valence-corrected chi connectivity index (χ2v) is 11.2. The Hall–Kier alpha value is -1.70. The summed E-state index contributed by atoms with van der Waals surface area (Å²) >= 11 is 0. The average Bonchev–Trinajstić information content (AvgIpc) is 2.77. The molecule has 0 aromatic carbocycles. The van der Waals surface area contributed by atoms with Gasteiger partial charge in [0.1, 0.15) is 11.7 Å². The summed E-state index contributed by atoms with van der Waals surface area (Å²) in [7, 11) is 0. The summed E-state index contributed by atoms with van der Waals surface area (Å²) in [4.78, 5) is 0. The molecular weight excluding hydrogens is 422 g/mol. The second kappa shape index (κ2) is 16.1. The van der Waals surface area contributed by atoms with Gasteiger partial charge in [-0.25, -0.2) is 8.78 Å². The van der Waals surface area contributed by atoms with Gasteiger partial charge < -0.3 is 0 Å². The molecular formula is C32H52F2. The van der Waals surface area contributed by atoms with E-state index in [1.165, 1.54) is 6.08 Å². The smallest absolute Gasteiger partial charge is 0.126 e. The molecule has 0 heterocycles. The molecule has 0 bridgehead atoms. The van der Waals surface area contributed by atoms with Crippen LogP contribution in [0.1, 0.15) is 93.9 Å². The molecule has 0 spiro atoms. The van der Waals surface area contributed by atoms with Gasteiger partial charge in [-0.1, -0.05) is 81.2 Å². The third-order valence-corrected chi connectivity index (χ3v) is 7.46. The predicted octanol–water partition coefficient (Wildman–Crippen LogP) is 11.1. The summed E-state index contributed by atoms with van der Waals surface area (Å²) in [5.41, 5.74) is 2.67. The number of allylic oxidation sites excluding steroid dienone is 8. The number of hydrogen-bond donors (Lipinski definition) is 0. The van der Waals surface area contributed by atoms with E-state index in [-0.39, 0.29) is 29.4 Å². The van der Waals surface area contributed by atoms with Gasteiger partial charge in [-0.2, -0.15) is 0 Å². The lowest BCUT2D eigenvalue weighted by molar-refractivity contribution is 0.308. The zero-order chi connectivity index (χ0) is 26.6. The Morgan fingerprint density at radius 2 is 0.971 bits per heavy atom. The Bertz CT molecular complexity index is 749. The van der Waals surface area contributed by atoms with Crippen LogP contribution in [0.3, 0.4) is 0 Å². The van der Waals surface area contributed by atoms with Gasteiger partial charge in [-0.15, -0.1) is 0 Å². The third-order valence-electron chi connectivity index (χ3n) is 7.46. The first-order valence-electron chi connectivity index (χ1n) is 13.1. The van der Waals surface area contributed by atoms with E-state index in [1.807, 2.05) is 0 Å². The van der Waals surface area contributed by atoms with Crippen LogP contribution in [0.4, 0.5) is 8.78 Å². The summed E-state index contributed by atoms with van der Waals surface area (Å²) in [5.74, 6) is 1.80. The molecule has 0 fully saturated rings. The third kappa shape index (κ3) is 12.7. The topological polar surface area (TPSA) is 0 Å². The monoisotopic (exact) mass is 474 g/mol.